The highest BCUT2D eigenvalue weighted by Gasteiger charge is 2.39. The zero-order valence-electron chi connectivity index (χ0n) is 30.1. The number of carbonyl (C=O) groups excluding carboxylic acids is 5. The Balaban J connectivity index is 0.888. The number of halogens is 1. The number of imide groups is 1. The molecule has 1 unspecified atom stereocenters. The Morgan fingerprint density at radius 3 is 2.48 bits per heavy atom. The number of piperidine rings is 3. The van der Waals surface area contributed by atoms with Gasteiger partial charge in [0.15, 0.2) is 0 Å². The topological polar surface area (TPSA) is 166 Å². The summed E-state index contributed by atoms with van der Waals surface area (Å²) in [6, 6.07) is 12.2. The molecule has 3 N–H and O–H groups in total. The summed E-state index contributed by atoms with van der Waals surface area (Å²) in [7, 11) is 3.69. The summed E-state index contributed by atoms with van der Waals surface area (Å²) in [5.74, 6) is 4.39. The van der Waals surface area contributed by atoms with E-state index in [0.29, 0.717) is 58.5 Å². The number of nitrogens with zero attached hydrogens (tertiary/aromatic N) is 5. The van der Waals surface area contributed by atoms with Crippen molar-refractivity contribution in [3.05, 3.63) is 85.7 Å². The van der Waals surface area contributed by atoms with Gasteiger partial charge in [0, 0.05) is 75.0 Å². The lowest BCUT2D eigenvalue weighted by Gasteiger charge is -2.37. The number of aryl methyl sites for hydroxylation is 1. The molecule has 0 saturated carbocycles. The molecule has 3 atom stereocenters. The van der Waals surface area contributed by atoms with Gasteiger partial charge >= 0.3 is 0 Å². The average Bonchev–Trinajstić information content (AvgIpc) is 3.48. The van der Waals surface area contributed by atoms with Crippen LogP contribution in [0.15, 0.2) is 57.9 Å². The van der Waals surface area contributed by atoms with E-state index in [1.807, 2.05) is 29.2 Å². The molecule has 0 bridgehead atoms. The lowest BCUT2D eigenvalue weighted by molar-refractivity contribution is -0.137. The van der Waals surface area contributed by atoms with Crippen LogP contribution in [0.4, 0.5) is 11.4 Å². The van der Waals surface area contributed by atoms with Crippen LogP contribution in [0.5, 0.6) is 0 Å². The molecule has 54 heavy (non-hydrogen) atoms. The largest absolute Gasteiger partial charge is 0.379 e. The molecule has 0 radical (unpaired) electrons. The quantitative estimate of drug-likeness (QED) is 0.251. The van der Waals surface area contributed by atoms with Crippen molar-refractivity contribution in [2.45, 2.75) is 56.7 Å². The second-order valence-electron chi connectivity index (χ2n) is 14.5. The maximum atomic E-state index is 13.4. The molecule has 0 aliphatic carbocycles. The van der Waals surface area contributed by atoms with E-state index in [1.54, 1.807) is 31.4 Å². The molecule has 3 saturated heterocycles. The molecule has 2 aromatic carbocycles. The summed E-state index contributed by atoms with van der Waals surface area (Å²) in [4.78, 5) is 80.8. The van der Waals surface area contributed by atoms with Crippen LogP contribution < -0.4 is 21.5 Å². The first-order valence-corrected chi connectivity index (χ1v) is 18.9. The van der Waals surface area contributed by atoms with Crippen LogP contribution in [0.25, 0.3) is 0 Å². The van der Waals surface area contributed by atoms with Gasteiger partial charge in [0.1, 0.15) is 10.5 Å². The minimum absolute atomic E-state index is 0.0259. The van der Waals surface area contributed by atoms with E-state index < -0.39 is 17.9 Å². The molecule has 1 aromatic heterocycles. The maximum Gasteiger partial charge on any atom is 0.300 e. The van der Waals surface area contributed by atoms with E-state index >= 15 is 0 Å². The fourth-order valence-electron chi connectivity index (χ4n) is 7.79. The van der Waals surface area contributed by atoms with Crippen LogP contribution >= 0.6 is 15.9 Å². The Bertz CT molecular complexity index is 2130. The summed E-state index contributed by atoms with van der Waals surface area (Å²) in [5.41, 5.74) is 3.91. The number of aromatic nitrogens is 2. The molecular weight excluding hydrogens is 756 g/mol. The minimum Gasteiger partial charge on any atom is -0.379 e. The average molecular weight is 798 g/mol. The third-order valence-corrected chi connectivity index (χ3v) is 11.4. The molecule has 14 nitrogen and oxygen atoms in total. The van der Waals surface area contributed by atoms with Crippen LogP contribution in [0.3, 0.4) is 0 Å². The van der Waals surface area contributed by atoms with Crippen molar-refractivity contribution in [1.82, 2.24) is 29.8 Å². The van der Waals surface area contributed by atoms with Crippen molar-refractivity contribution >= 4 is 56.8 Å². The standard InChI is InChI=1S/C39H41BrN8O6/c1-45-20-26(17-29(22-45)42-31-19-41-46(2)39(54)35(31)40)24-4-6-25(7-5-24)37(52)47-15-13-23(14-16-47)3-11-33(49)43-28-8-9-30-27(18-28)21-48(38(30)53)32-10-12-34(50)44-36(32)51/h4-9,18-19,23,26,29,32,42H,10,12-17,20-22H2,1-2H3,(H,43,49)(H,44,50,51)/t26-,29+,32?/m0/s1. The number of hydrogen-bond donors (Lipinski definition) is 3. The fourth-order valence-corrected chi connectivity index (χ4v) is 8.26. The van der Waals surface area contributed by atoms with Gasteiger partial charge < -0.3 is 25.3 Å². The number of amides is 5. The highest BCUT2D eigenvalue weighted by atomic mass is 79.9. The van der Waals surface area contributed by atoms with Crippen molar-refractivity contribution in [2.24, 2.45) is 13.0 Å². The SMILES string of the molecule is CN1C[C@H](Nc2cnn(C)c(=O)c2Br)C[C@H](c2ccc(C(=O)N3CCC(C#CC(=O)Nc4ccc5c(c4)CN(C4CCC(=O)NC4=O)C5=O)CC3)cc2)C1. The van der Waals surface area contributed by atoms with E-state index in [0.717, 1.165) is 25.1 Å². The number of hydrogen-bond acceptors (Lipinski definition) is 9. The first-order chi connectivity index (χ1) is 25.9. The Labute approximate surface area is 320 Å². The minimum atomic E-state index is -0.706. The number of nitrogens with one attached hydrogen (secondary N) is 3. The number of anilines is 2. The molecule has 7 rings (SSSR count). The number of benzene rings is 2. The zero-order valence-corrected chi connectivity index (χ0v) is 31.6. The Hall–Kier alpha value is -5.33. The van der Waals surface area contributed by atoms with Gasteiger partial charge in [0.2, 0.25) is 11.8 Å². The summed E-state index contributed by atoms with van der Waals surface area (Å²) in [6.45, 7) is 3.00. The third kappa shape index (κ3) is 7.95. The zero-order chi connectivity index (χ0) is 38.1. The van der Waals surface area contributed by atoms with Gasteiger partial charge in [-0.1, -0.05) is 18.1 Å². The van der Waals surface area contributed by atoms with Gasteiger partial charge in [-0.15, -0.1) is 0 Å². The first kappa shape index (κ1) is 37.0. The van der Waals surface area contributed by atoms with Crippen molar-refractivity contribution in [3.63, 3.8) is 0 Å². The Kier molecular flexibility index (Phi) is 10.7. The van der Waals surface area contributed by atoms with Crippen LogP contribution in [0.2, 0.25) is 0 Å². The summed E-state index contributed by atoms with van der Waals surface area (Å²) < 4.78 is 1.75. The van der Waals surface area contributed by atoms with Crippen molar-refractivity contribution in [3.8, 4) is 11.8 Å². The Morgan fingerprint density at radius 2 is 1.74 bits per heavy atom. The van der Waals surface area contributed by atoms with Gasteiger partial charge in [-0.3, -0.25) is 34.1 Å². The lowest BCUT2D eigenvalue weighted by atomic mass is 9.87. The van der Waals surface area contributed by atoms with Crippen LogP contribution in [0, 0.1) is 17.8 Å². The summed E-state index contributed by atoms with van der Waals surface area (Å²) in [6.07, 6.45) is 4.30. The van der Waals surface area contributed by atoms with Crippen LogP contribution in [0.1, 0.15) is 69.9 Å². The number of likely N-dealkylation sites (tertiary alicyclic amines) is 2. The highest BCUT2D eigenvalue weighted by molar-refractivity contribution is 9.10. The monoisotopic (exact) mass is 796 g/mol. The second kappa shape index (κ2) is 15.6. The first-order valence-electron chi connectivity index (χ1n) is 18.1. The number of rotatable bonds is 6. The molecule has 3 fully saturated rings. The lowest BCUT2D eigenvalue weighted by Crippen LogP contribution is -2.52. The fraction of sp³-hybridized carbons (Fsp3) is 0.410. The molecular formula is C39H41BrN8O6. The van der Waals surface area contributed by atoms with Gasteiger partial charge in [0.25, 0.3) is 23.3 Å². The molecule has 5 amide bonds. The predicted octanol–water partition coefficient (Wildman–Crippen LogP) is 2.70. The molecule has 4 aliphatic rings. The highest BCUT2D eigenvalue weighted by Crippen LogP contribution is 2.31. The third-order valence-electron chi connectivity index (χ3n) is 10.7. The van der Waals surface area contributed by atoms with Gasteiger partial charge in [-0.25, -0.2) is 4.68 Å². The van der Waals surface area contributed by atoms with E-state index in [1.165, 1.54) is 9.58 Å². The van der Waals surface area contributed by atoms with Crippen molar-refractivity contribution < 1.29 is 24.0 Å². The molecule has 4 aliphatic heterocycles. The summed E-state index contributed by atoms with van der Waals surface area (Å²) >= 11 is 3.41. The predicted molar refractivity (Wildman–Crippen MR) is 203 cm³/mol. The van der Waals surface area contributed by atoms with E-state index in [4.69, 9.17) is 0 Å². The van der Waals surface area contributed by atoms with Crippen molar-refractivity contribution in [2.75, 3.05) is 43.9 Å². The number of likely N-dealkylation sites (N-methyl/N-ethyl adjacent to an activating group) is 1. The second-order valence-corrected chi connectivity index (χ2v) is 15.3. The molecule has 0 spiro atoms. The van der Waals surface area contributed by atoms with Crippen molar-refractivity contribution in [1.29, 1.82) is 0 Å². The Morgan fingerprint density at radius 1 is 0.981 bits per heavy atom. The molecule has 3 aromatic rings. The van der Waals surface area contributed by atoms with Gasteiger partial charge in [-0.05, 0) is 102 Å². The number of carbonyl (C=O) groups is 5. The van der Waals surface area contributed by atoms with Crippen LogP contribution in [-0.4, -0.2) is 99.3 Å². The molecule has 15 heteroatoms. The van der Waals surface area contributed by atoms with E-state index in [-0.39, 0.29) is 60.5 Å². The van der Waals surface area contributed by atoms with E-state index in [9.17, 15) is 28.8 Å². The molecule has 5 heterocycles. The smallest absolute Gasteiger partial charge is 0.300 e. The number of fused-ring (bicyclic) bond motifs is 1. The molecule has 280 valence electrons. The van der Waals surface area contributed by atoms with Crippen LogP contribution in [-0.2, 0) is 28.0 Å². The normalized spacial score (nSPS) is 21.9. The summed E-state index contributed by atoms with van der Waals surface area (Å²) in [5, 5.41) is 12.7. The maximum absolute atomic E-state index is 13.4. The van der Waals surface area contributed by atoms with E-state index in [2.05, 4.69) is 60.8 Å². The van der Waals surface area contributed by atoms with Gasteiger partial charge in [-0.2, -0.15) is 5.10 Å². The van der Waals surface area contributed by atoms with Gasteiger partial charge in [0.05, 0.1) is 11.9 Å².